The molecule has 1 aromatic carbocycles. The molecule has 1 aromatic rings. The van der Waals surface area contributed by atoms with E-state index >= 15 is 0 Å². The first-order valence-electron chi connectivity index (χ1n) is 6.18. The van der Waals surface area contributed by atoms with Gasteiger partial charge in [0.05, 0.1) is 10.4 Å². The van der Waals surface area contributed by atoms with Gasteiger partial charge in [0, 0.05) is 6.54 Å². The zero-order chi connectivity index (χ0) is 14.7. The summed E-state index contributed by atoms with van der Waals surface area (Å²) in [5, 5.41) is 0. The van der Waals surface area contributed by atoms with Crippen LogP contribution < -0.4 is 10.0 Å². The van der Waals surface area contributed by atoms with E-state index in [1.54, 1.807) is 20.8 Å². The maximum Gasteiger partial charge on any atom is 0.240 e. The molecule has 2 N–H and O–H groups in total. The summed E-state index contributed by atoms with van der Waals surface area (Å²) in [5.74, 6) is -0.393. The van der Waals surface area contributed by atoms with Crippen LogP contribution in [0.4, 0.5) is 10.1 Å². The highest BCUT2D eigenvalue weighted by Crippen LogP contribution is 2.26. The molecule has 0 saturated carbocycles. The monoisotopic (exact) mass is 288 g/mol. The summed E-state index contributed by atoms with van der Waals surface area (Å²) in [6.07, 6.45) is 0.548. The third kappa shape index (κ3) is 3.67. The number of rotatable bonds is 5. The summed E-state index contributed by atoms with van der Waals surface area (Å²) < 4.78 is 38.4. The van der Waals surface area contributed by atoms with Gasteiger partial charge in [-0.2, -0.15) is 0 Å². The van der Waals surface area contributed by atoms with Crippen LogP contribution in [0.5, 0.6) is 0 Å². The van der Waals surface area contributed by atoms with Crippen molar-refractivity contribution in [3.63, 3.8) is 0 Å². The quantitative estimate of drug-likeness (QED) is 0.902. The van der Waals surface area contributed by atoms with Gasteiger partial charge in [0.2, 0.25) is 10.0 Å². The van der Waals surface area contributed by atoms with Crippen LogP contribution in [-0.4, -0.2) is 26.3 Å². The van der Waals surface area contributed by atoms with E-state index in [0.717, 1.165) is 0 Å². The predicted molar refractivity (Wildman–Crippen MR) is 76.1 cm³/mol. The highest BCUT2D eigenvalue weighted by atomic mass is 32.2. The Morgan fingerprint density at radius 1 is 1.21 bits per heavy atom. The number of halogens is 1. The minimum absolute atomic E-state index is 0.293. The summed E-state index contributed by atoms with van der Waals surface area (Å²) in [5.41, 5.74) is 5.91. The smallest absolute Gasteiger partial charge is 0.240 e. The molecule has 4 nitrogen and oxygen atoms in total. The first-order chi connectivity index (χ1) is 8.70. The van der Waals surface area contributed by atoms with E-state index in [0.29, 0.717) is 25.2 Å². The van der Waals surface area contributed by atoms with Gasteiger partial charge in [-0.1, -0.05) is 0 Å². The van der Waals surface area contributed by atoms with E-state index in [1.165, 1.54) is 28.6 Å². The topological polar surface area (TPSA) is 63.4 Å². The fourth-order valence-electron chi connectivity index (χ4n) is 1.56. The van der Waals surface area contributed by atoms with Crippen LogP contribution in [0.2, 0.25) is 0 Å². The van der Waals surface area contributed by atoms with Gasteiger partial charge >= 0.3 is 0 Å². The average molecular weight is 288 g/mol. The molecule has 0 fully saturated rings. The highest BCUT2D eigenvalue weighted by molar-refractivity contribution is 7.94. The summed E-state index contributed by atoms with van der Waals surface area (Å²) >= 11 is 0. The van der Waals surface area contributed by atoms with Crippen molar-refractivity contribution >= 4 is 15.7 Å². The third-order valence-electron chi connectivity index (χ3n) is 2.74. The summed E-state index contributed by atoms with van der Waals surface area (Å²) in [7, 11) is -3.52. The fraction of sp³-hybridized carbons (Fsp3) is 0.538. The molecule has 0 bridgehead atoms. The molecule has 0 radical (unpaired) electrons. The van der Waals surface area contributed by atoms with Crippen LogP contribution in [0, 0.1) is 5.82 Å². The van der Waals surface area contributed by atoms with Crippen molar-refractivity contribution in [3.05, 3.63) is 30.1 Å². The van der Waals surface area contributed by atoms with Gasteiger partial charge in [-0.05, 0) is 58.0 Å². The number of benzene rings is 1. The Bertz CT molecular complexity index is 506. The summed E-state index contributed by atoms with van der Waals surface area (Å²) in [6.45, 7) is 5.61. The van der Waals surface area contributed by atoms with Crippen LogP contribution in [0.25, 0.3) is 0 Å². The van der Waals surface area contributed by atoms with Gasteiger partial charge in [-0.25, -0.2) is 12.8 Å². The maximum atomic E-state index is 12.9. The number of hydrogen-bond donors (Lipinski definition) is 1. The Balaban J connectivity index is 3.19. The van der Waals surface area contributed by atoms with Gasteiger partial charge in [-0.15, -0.1) is 0 Å². The lowest BCUT2D eigenvalue weighted by Gasteiger charge is -2.31. The van der Waals surface area contributed by atoms with E-state index in [2.05, 4.69) is 0 Å². The molecule has 1 rings (SSSR count). The third-order valence-corrected chi connectivity index (χ3v) is 5.27. The lowest BCUT2D eigenvalue weighted by Crippen LogP contribution is -2.44. The highest BCUT2D eigenvalue weighted by Gasteiger charge is 2.35. The normalized spacial score (nSPS) is 12.5. The van der Waals surface area contributed by atoms with E-state index in [1.807, 2.05) is 0 Å². The van der Waals surface area contributed by atoms with Crippen LogP contribution in [0.1, 0.15) is 27.2 Å². The SMILES string of the molecule is CC(C)(C)S(=O)(=O)N(CCCN)c1ccc(F)cc1. The maximum absolute atomic E-state index is 12.9. The van der Waals surface area contributed by atoms with Crippen molar-refractivity contribution in [2.45, 2.75) is 31.9 Å². The predicted octanol–water partition coefficient (Wildman–Crippen LogP) is 2.11. The molecule has 0 aliphatic carbocycles. The van der Waals surface area contributed by atoms with Crippen LogP contribution in [0.15, 0.2) is 24.3 Å². The fourth-order valence-corrected chi connectivity index (χ4v) is 2.99. The molecule has 0 aromatic heterocycles. The molecule has 0 aliphatic rings. The number of nitrogens with two attached hydrogens (primary N) is 1. The molecular formula is C13H21FN2O2S. The van der Waals surface area contributed by atoms with Crippen LogP contribution in [-0.2, 0) is 10.0 Å². The van der Waals surface area contributed by atoms with Crippen LogP contribution >= 0.6 is 0 Å². The van der Waals surface area contributed by atoms with Gasteiger partial charge in [0.25, 0.3) is 0 Å². The number of hydrogen-bond acceptors (Lipinski definition) is 3. The van der Waals surface area contributed by atoms with Gasteiger partial charge in [0.1, 0.15) is 5.82 Å². The van der Waals surface area contributed by atoms with Gasteiger partial charge in [-0.3, -0.25) is 4.31 Å². The molecule has 108 valence electrons. The van der Waals surface area contributed by atoms with E-state index in [-0.39, 0.29) is 0 Å². The first-order valence-corrected chi connectivity index (χ1v) is 7.62. The molecule has 0 aliphatic heterocycles. The Morgan fingerprint density at radius 3 is 2.16 bits per heavy atom. The largest absolute Gasteiger partial charge is 0.330 e. The zero-order valence-corrected chi connectivity index (χ0v) is 12.4. The van der Waals surface area contributed by atoms with E-state index in [4.69, 9.17) is 5.73 Å². The van der Waals surface area contributed by atoms with E-state index < -0.39 is 20.6 Å². The number of anilines is 1. The molecule has 0 heterocycles. The Kier molecular flexibility index (Phi) is 4.92. The van der Waals surface area contributed by atoms with E-state index in [9.17, 15) is 12.8 Å². The van der Waals surface area contributed by atoms with Crippen molar-refractivity contribution in [1.29, 1.82) is 0 Å². The molecule has 0 atom stereocenters. The second-order valence-electron chi connectivity index (χ2n) is 5.31. The number of nitrogens with zero attached hydrogens (tertiary/aromatic N) is 1. The van der Waals surface area contributed by atoms with Crippen molar-refractivity contribution in [2.24, 2.45) is 5.73 Å². The second-order valence-corrected chi connectivity index (χ2v) is 7.92. The molecule has 0 spiro atoms. The lowest BCUT2D eigenvalue weighted by atomic mass is 10.3. The minimum Gasteiger partial charge on any atom is -0.330 e. The van der Waals surface area contributed by atoms with Crippen LogP contribution in [0.3, 0.4) is 0 Å². The summed E-state index contributed by atoms with van der Waals surface area (Å²) in [4.78, 5) is 0. The van der Waals surface area contributed by atoms with Crippen molar-refractivity contribution < 1.29 is 12.8 Å². The van der Waals surface area contributed by atoms with Gasteiger partial charge < -0.3 is 5.73 Å². The summed E-state index contributed by atoms with van der Waals surface area (Å²) in [6, 6.07) is 5.44. The first kappa shape index (κ1) is 15.9. The average Bonchev–Trinajstić information content (AvgIpc) is 2.30. The minimum atomic E-state index is -3.52. The second kappa shape index (κ2) is 5.88. The molecule has 0 unspecified atom stereocenters. The lowest BCUT2D eigenvalue weighted by molar-refractivity contribution is 0.553. The Labute approximate surface area is 114 Å². The molecule has 6 heteroatoms. The molecule has 0 amide bonds. The standard InChI is InChI=1S/C13H21FN2O2S/c1-13(2,3)19(17,18)16(10-4-9-15)12-7-5-11(14)6-8-12/h5-8H,4,9-10,15H2,1-3H3. The molecule has 0 saturated heterocycles. The zero-order valence-electron chi connectivity index (χ0n) is 11.6. The van der Waals surface area contributed by atoms with Crippen molar-refractivity contribution in [1.82, 2.24) is 0 Å². The number of sulfonamides is 1. The molecule has 19 heavy (non-hydrogen) atoms. The van der Waals surface area contributed by atoms with Crippen molar-refractivity contribution in [3.8, 4) is 0 Å². The van der Waals surface area contributed by atoms with Crippen molar-refractivity contribution in [2.75, 3.05) is 17.4 Å². The molecular weight excluding hydrogens is 267 g/mol. The Morgan fingerprint density at radius 2 is 1.74 bits per heavy atom. The van der Waals surface area contributed by atoms with Gasteiger partial charge in [0.15, 0.2) is 0 Å². The Hall–Kier alpha value is -1.14.